The Morgan fingerprint density at radius 3 is 2.61 bits per heavy atom. The molecule has 5 heteroatoms. The van der Waals surface area contributed by atoms with Crippen LogP contribution in [-0.4, -0.2) is 15.9 Å². The lowest BCUT2D eigenvalue weighted by Crippen LogP contribution is -2.14. The van der Waals surface area contributed by atoms with Gasteiger partial charge in [0.15, 0.2) is 11.0 Å². The van der Waals surface area contributed by atoms with E-state index in [1.807, 2.05) is 24.3 Å². The van der Waals surface area contributed by atoms with Crippen LogP contribution in [0.1, 0.15) is 19.3 Å². The summed E-state index contributed by atoms with van der Waals surface area (Å²) in [4.78, 5) is 20.2. The second kappa shape index (κ2) is 4.53. The van der Waals surface area contributed by atoms with E-state index in [4.69, 9.17) is 11.6 Å². The minimum absolute atomic E-state index is 0.0380. The van der Waals surface area contributed by atoms with Gasteiger partial charge < -0.3 is 5.32 Å². The summed E-state index contributed by atoms with van der Waals surface area (Å²) in [5, 5.41) is 2.96. The number of rotatable bonds is 3. The molecule has 1 aliphatic rings. The number of para-hydroxylation sites is 2. The van der Waals surface area contributed by atoms with Crippen LogP contribution >= 0.6 is 11.6 Å². The van der Waals surface area contributed by atoms with Crippen LogP contribution in [0.2, 0.25) is 5.15 Å². The van der Waals surface area contributed by atoms with E-state index in [2.05, 4.69) is 15.3 Å². The van der Waals surface area contributed by atoms with Gasteiger partial charge in [0.1, 0.15) is 0 Å². The Bertz CT molecular complexity index is 610. The number of anilines is 1. The number of hydrogen-bond donors (Lipinski definition) is 1. The van der Waals surface area contributed by atoms with Crippen molar-refractivity contribution in [3.63, 3.8) is 0 Å². The summed E-state index contributed by atoms with van der Waals surface area (Å²) in [6, 6.07) is 7.43. The molecule has 0 atom stereocenters. The molecule has 0 spiro atoms. The van der Waals surface area contributed by atoms with Crippen molar-refractivity contribution in [1.82, 2.24) is 9.97 Å². The highest BCUT2D eigenvalue weighted by Gasteiger charge is 2.24. The average Bonchev–Trinajstić information content (AvgIpc) is 3.14. The van der Waals surface area contributed by atoms with Crippen LogP contribution in [0.4, 0.5) is 5.82 Å². The molecule has 3 rings (SSSR count). The van der Waals surface area contributed by atoms with E-state index in [9.17, 15) is 4.79 Å². The second-order valence-electron chi connectivity index (χ2n) is 4.55. The van der Waals surface area contributed by atoms with Crippen LogP contribution in [0.5, 0.6) is 0 Å². The first-order valence-electron chi connectivity index (χ1n) is 5.94. The molecular weight excluding hydrogens is 250 g/mol. The monoisotopic (exact) mass is 261 g/mol. The largest absolute Gasteiger partial charge is 0.308 e. The lowest BCUT2D eigenvalue weighted by Gasteiger charge is -2.06. The van der Waals surface area contributed by atoms with E-state index in [0.717, 1.165) is 23.9 Å². The highest BCUT2D eigenvalue weighted by atomic mass is 35.5. The third-order valence-corrected chi connectivity index (χ3v) is 3.22. The third-order valence-electron chi connectivity index (χ3n) is 2.96. The number of aromatic nitrogens is 2. The molecule has 0 bridgehead atoms. The molecule has 92 valence electrons. The van der Waals surface area contributed by atoms with Crippen LogP contribution < -0.4 is 5.32 Å². The number of amides is 1. The first kappa shape index (κ1) is 11.4. The first-order chi connectivity index (χ1) is 8.72. The van der Waals surface area contributed by atoms with Gasteiger partial charge in [0.2, 0.25) is 5.91 Å². The van der Waals surface area contributed by atoms with Gasteiger partial charge in [-0.25, -0.2) is 9.97 Å². The number of carbonyl (C=O) groups is 1. The minimum Gasteiger partial charge on any atom is -0.308 e. The lowest BCUT2D eigenvalue weighted by molar-refractivity contribution is -0.116. The first-order valence-corrected chi connectivity index (χ1v) is 6.32. The normalized spacial score (nSPS) is 14.7. The molecule has 0 radical (unpaired) electrons. The fourth-order valence-electron chi connectivity index (χ4n) is 1.83. The molecule has 2 aromatic rings. The Labute approximate surface area is 109 Å². The van der Waals surface area contributed by atoms with Gasteiger partial charge in [-0.05, 0) is 30.9 Å². The molecule has 0 aliphatic heterocycles. The van der Waals surface area contributed by atoms with Gasteiger partial charge in [-0.15, -0.1) is 0 Å². The summed E-state index contributed by atoms with van der Waals surface area (Å²) >= 11 is 6.01. The van der Waals surface area contributed by atoms with E-state index in [0.29, 0.717) is 18.2 Å². The van der Waals surface area contributed by atoms with Gasteiger partial charge >= 0.3 is 0 Å². The molecule has 18 heavy (non-hydrogen) atoms. The summed E-state index contributed by atoms with van der Waals surface area (Å²) in [7, 11) is 0. The minimum atomic E-state index is -0.0380. The number of carbonyl (C=O) groups excluding carboxylic acids is 1. The average molecular weight is 262 g/mol. The zero-order valence-corrected chi connectivity index (χ0v) is 10.4. The van der Waals surface area contributed by atoms with Gasteiger partial charge in [-0.1, -0.05) is 23.7 Å². The van der Waals surface area contributed by atoms with Crippen molar-refractivity contribution in [3.8, 4) is 0 Å². The summed E-state index contributed by atoms with van der Waals surface area (Å²) in [6.45, 7) is 0. The standard InChI is InChI=1S/C13H12ClN3O/c14-12-13(17-11(18)7-8-5-6-8)16-10-4-2-1-3-9(10)15-12/h1-4,8H,5-7H2,(H,16,17,18). The highest BCUT2D eigenvalue weighted by molar-refractivity contribution is 6.32. The topological polar surface area (TPSA) is 54.9 Å². The van der Waals surface area contributed by atoms with Gasteiger partial charge in [0.05, 0.1) is 11.0 Å². The van der Waals surface area contributed by atoms with E-state index in [-0.39, 0.29) is 11.1 Å². The molecule has 1 aromatic carbocycles. The van der Waals surface area contributed by atoms with Crippen LogP contribution in [0.25, 0.3) is 11.0 Å². The van der Waals surface area contributed by atoms with Crippen molar-refractivity contribution in [1.29, 1.82) is 0 Å². The van der Waals surface area contributed by atoms with Crippen molar-refractivity contribution in [3.05, 3.63) is 29.4 Å². The summed E-state index contributed by atoms with van der Waals surface area (Å²) < 4.78 is 0. The number of nitrogens with zero attached hydrogens (tertiary/aromatic N) is 2. The number of fused-ring (bicyclic) bond motifs is 1. The van der Waals surface area contributed by atoms with Gasteiger partial charge in [0.25, 0.3) is 0 Å². The molecule has 1 saturated carbocycles. The molecule has 1 aromatic heterocycles. The molecule has 4 nitrogen and oxygen atoms in total. The van der Waals surface area contributed by atoms with Gasteiger partial charge in [-0.3, -0.25) is 4.79 Å². The van der Waals surface area contributed by atoms with E-state index in [1.165, 1.54) is 0 Å². The molecule has 1 amide bonds. The lowest BCUT2D eigenvalue weighted by atomic mass is 10.3. The maximum atomic E-state index is 11.7. The predicted molar refractivity (Wildman–Crippen MR) is 70.5 cm³/mol. The van der Waals surface area contributed by atoms with E-state index in [1.54, 1.807) is 0 Å². The fourth-order valence-corrected chi connectivity index (χ4v) is 2.01. The zero-order valence-electron chi connectivity index (χ0n) is 9.69. The Kier molecular flexibility index (Phi) is 2.88. The quantitative estimate of drug-likeness (QED) is 0.924. The zero-order chi connectivity index (χ0) is 12.5. The van der Waals surface area contributed by atoms with Gasteiger partial charge in [-0.2, -0.15) is 0 Å². The number of hydrogen-bond acceptors (Lipinski definition) is 3. The Morgan fingerprint density at radius 1 is 1.28 bits per heavy atom. The highest BCUT2D eigenvalue weighted by Crippen LogP contribution is 2.32. The van der Waals surface area contributed by atoms with Crippen molar-refractivity contribution in [2.24, 2.45) is 5.92 Å². The molecule has 1 fully saturated rings. The Morgan fingerprint density at radius 2 is 1.94 bits per heavy atom. The number of benzene rings is 1. The summed E-state index contributed by atoms with van der Waals surface area (Å²) in [6.07, 6.45) is 2.83. The predicted octanol–water partition coefficient (Wildman–Crippen LogP) is 3.02. The van der Waals surface area contributed by atoms with Crippen LogP contribution in [-0.2, 0) is 4.79 Å². The van der Waals surface area contributed by atoms with Crippen molar-refractivity contribution < 1.29 is 4.79 Å². The molecular formula is C13H12ClN3O. The number of halogens is 1. The van der Waals surface area contributed by atoms with Crippen molar-refractivity contribution in [2.45, 2.75) is 19.3 Å². The number of nitrogens with one attached hydrogen (secondary N) is 1. The SMILES string of the molecule is O=C(CC1CC1)Nc1nc2ccccc2nc1Cl. The Balaban J connectivity index is 1.85. The molecule has 1 N–H and O–H groups in total. The summed E-state index contributed by atoms with van der Waals surface area (Å²) in [5.74, 6) is 0.849. The van der Waals surface area contributed by atoms with Crippen molar-refractivity contribution in [2.75, 3.05) is 5.32 Å². The van der Waals surface area contributed by atoms with Crippen LogP contribution in [0.15, 0.2) is 24.3 Å². The third kappa shape index (κ3) is 2.43. The maximum Gasteiger partial charge on any atom is 0.225 e. The van der Waals surface area contributed by atoms with Crippen LogP contribution in [0, 0.1) is 5.92 Å². The van der Waals surface area contributed by atoms with E-state index >= 15 is 0 Å². The fraction of sp³-hybridized carbons (Fsp3) is 0.308. The molecule has 1 heterocycles. The van der Waals surface area contributed by atoms with Crippen molar-refractivity contribution >= 4 is 34.4 Å². The van der Waals surface area contributed by atoms with Crippen LogP contribution in [0.3, 0.4) is 0 Å². The Hall–Kier alpha value is -1.68. The van der Waals surface area contributed by atoms with E-state index < -0.39 is 0 Å². The summed E-state index contributed by atoms with van der Waals surface area (Å²) in [5.41, 5.74) is 1.45. The molecule has 0 saturated heterocycles. The smallest absolute Gasteiger partial charge is 0.225 e. The van der Waals surface area contributed by atoms with Gasteiger partial charge in [0, 0.05) is 6.42 Å². The molecule has 0 unspecified atom stereocenters. The molecule has 1 aliphatic carbocycles. The maximum absolute atomic E-state index is 11.7. The second-order valence-corrected chi connectivity index (χ2v) is 4.91.